The van der Waals surface area contributed by atoms with Gasteiger partial charge in [-0.15, -0.1) is 0 Å². The Morgan fingerprint density at radius 3 is 2.45 bits per heavy atom. The van der Waals surface area contributed by atoms with Crippen molar-refractivity contribution in [2.45, 2.75) is 26.4 Å². The van der Waals surface area contributed by atoms with Gasteiger partial charge in [-0.05, 0) is 30.7 Å². The first-order valence-corrected chi connectivity index (χ1v) is 7.57. The van der Waals surface area contributed by atoms with Gasteiger partial charge in [-0.1, -0.05) is 13.0 Å². The van der Waals surface area contributed by atoms with E-state index in [0.717, 1.165) is 25.4 Å². The summed E-state index contributed by atoms with van der Waals surface area (Å²) < 4.78 is 5.47. The van der Waals surface area contributed by atoms with Gasteiger partial charge in [-0.3, -0.25) is 4.90 Å². The second kappa shape index (κ2) is 7.62. The van der Waals surface area contributed by atoms with E-state index in [1.165, 1.54) is 37.2 Å². The average Bonchev–Trinajstić information content (AvgIpc) is 2.49. The van der Waals surface area contributed by atoms with Gasteiger partial charge in [0.15, 0.2) is 0 Å². The number of ether oxygens (including phenoxy) is 1. The van der Waals surface area contributed by atoms with E-state index in [1.54, 1.807) is 7.11 Å². The number of methoxy groups -OCH3 is 1. The fourth-order valence-corrected chi connectivity index (χ4v) is 2.81. The molecule has 1 saturated heterocycles. The van der Waals surface area contributed by atoms with Crippen molar-refractivity contribution < 1.29 is 4.74 Å². The molecule has 4 nitrogen and oxygen atoms in total. The van der Waals surface area contributed by atoms with Gasteiger partial charge in [-0.25, -0.2) is 0 Å². The van der Waals surface area contributed by atoms with Crippen LogP contribution < -0.4 is 10.5 Å². The van der Waals surface area contributed by atoms with Crippen molar-refractivity contribution in [2.24, 2.45) is 5.73 Å². The Labute approximate surface area is 122 Å². The van der Waals surface area contributed by atoms with Gasteiger partial charge in [0.1, 0.15) is 5.75 Å². The molecule has 1 fully saturated rings. The lowest BCUT2D eigenvalue weighted by Gasteiger charge is -2.34. The van der Waals surface area contributed by atoms with E-state index in [1.807, 2.05) is 12.1 Å². The Kier molecular flexibility index (Phi) is 5.83. The molecule has 0 saturated carbocycles. The SMILES string of the molecule is CCCN1CCN(Cc2cc(CN)ccc2OC)CC1. The minimum atomic E-state index is 0.585. The molecule has 0 bridgehead atoms. The topological polar surface area (TPSA) is 41.7 Å². The summed E-state index contributed by atoms with van der Waals surface area (Å²) >= 11 is 0. The van der Waals surface area contributed by atoms with Gasteiger partial charge in [-0.2, -0.15) is 0 Å². The van der Waals surface area contributed by atoms with Crippen LogP contribution in [-0.2, 0) is 13.1 Å². The number of rotatable bonds is 6. The summed E-state index contributed by atoms with van der Waals surface area (Å²) in [5.41, 5.74) is 8.15. The number of nitrogens with zero attached hydrogens (tertiary/aromatic N) is 2. The smallest absolute Gasteiger partial charge is 0.123 e. The largest absolute Gasteiger partial charge is 0.496 e. The van der Waals surface area contributed by atoms with Crippen molar-refractivity contribution in [1.29, 1.82) is 0 Å². The van der Waals surface area contributed by atoms with Crippen molar-refractivity contribution in [3.8, 4) is 5.75 Å². The summed E-state index contributed by atoms with van der Waals surface area (Å²) in [6.07, 6.45) is 1.24. The summed E-state index contributed by atoms with van der Waals surface area (Å²) in [6, 6.07) is 6.25. The first-order valence-electron chi connectivity index (χ1n) is 7.57. The third-order valence-electron chi connectivity index (χ3n) is 3.98. The number of hydrogen-bond acceptors (Lipinski definition) is 4. The van der Waals surface area contributed by atoms with Crippen LogP contribution in [0.2, 0.25) is 0 Å². The van der Waals surface area contributed by atoms with Crippen LogP contribution in [0.1, 0.15) is 24.5 Å². The molecule has 4 heteroatoms. The molecule has 0 aromatic heterocycles. The highest BCUT2D eigenvalue weighted by Crippen LogP contribution is 2.22. The molecule has 0 aliphatic carbocycles. The number of nitrogens with two attached hydrogens (primary N) is 1. The van der Waals surface area contributed by atoms with Crippen LogP contribution >= 0.6 is 0 Å². The Hall–Kier alpha value is -1.10. The van der Waals surface area contributed by atoms with Gasteiger partial charge < -0.3 is 15.4 Å². The first kappa shape index (κ1) is 15.3. The molecule has 20 heavy (non-hydrogen) atoms. The van der Waals surface area contributed by atoms with Gasteiger partial charge in [0, 0.05) is 44.8 Å². The maximum atomic E-state index is 5.73. The molecule has 2 rings (SSSR count). The molecule has 0 unspecified atom stereocenters. The molecule has 1 aromatic carbocycles. The standard InChI is InChI=1S/C16H27N3O/c1-3-6-18-7-9-19(10-8-18)13-15-11-14(12-17)4-5-16(15)20-2/h4-5,11H,3,6-10,12-13,17H2,1-2H3. The zero-order chi connectivity index (χ0) is 14.4. The van der Waals surface area contributed by atoms with Crippen molar-refractivity contribution in [3.63, 3.8) is 0 Å². The van der Waals surface area contributed by atoms with E-state index >= 15 is 0 Å². The number of piperazine rings is 1. The molecule has 0 amide bonds. The fourth-order valence-electron chi connectivity index (χ4n) is 2.81. The lowest BCUT2D eigenvalue weighted by Crippen LogP contribution is -2.46. The molecule has 1 heterocycles. The van der Waals surface area contributed by atoms with E-state index in [2.05, 4.69) is 22.8 Å². The van der Waals surface area contributed by atoms with E-state index < -0.39 is 0 Å². The zero-order valence-electron chi connectivity index (χ0n) is 12.8. The lowest BCUT2D eigenvalue weighted by atomic mass is 10.1. The van der Waals surface area contributed by atoms with Gasteiger partial charge in [0.2, 0.25) is 0 Å². The van der Waals surface area contributed by atoms with Crippen LogP contribution in [-0.4, -0.2) is 49.6 Å². The van der Waals surface area contributed by atoms with Crippen LogP contribution in [0.4, 0.5) is 0 Å². The number of hydrogen-bond donors (Lipinski definition) is 1. The predicted molar refractivity (Wildman–Crippen MR) is 82.9 cm³/mol. The van der Waals surface area contributed by atoms with E-state index in [-0.39, 0.29) is 0 Å². The minimum Gasteiger partial charge on any atom is -0.496 e. The van der Waals surface area contributed by atoms with E-state index in [9.17, 15) is 0 Å². The minimum absolute atomic E-state index is 0.585. The summed E-state index contributed by atoms with van der Waals surface area (Å²) in [6.45, 7) is 9.62. The third kappa shape index (κ3) is 3.95. The first-order chi connectivity index (χ1) is 9.76. The third-order valence-corrected chi connectivity index (χ3v) is 3.98. The van der Waals surface area contributed by atoms with E-state index in [0.29, 0.717) is 6.54 Å². The Morgan fingerprint density at radius 1 is 1.15 bits per heavy atom. The molecule has 0 radical (unpaired) electrons. The molecule has 1 aliphatic heterocycles. The molecule has 1 aromatic rings. The van der Waals surface area contributed by atoms with Crippen LogP contribution in [0, 0.1) is 0 Å². The van der Waals surface area contributed by atoms with Crippen LogP contribution in [0.15, 0.2) is 18.2 Å². The molecular formula is C16H27N3O. The quantitative estimate of drug-likeness (QED) is 0.859. The molecule has 1 aliphatic rings. The second-order valence-corrected chi connectivity index (χ2v) is 5.47. The van der Waals surface area contributed by atoms with Crippen molar-refractivity contribution in [2.75, 3.05) is 39.8 Å². The summed E-state index contributed by atoms with van der Waals surface area (Å²) in [4.78, 5) is 5.05. The molecule has 112 valence electrons. The zero-order valence-corrected chi connectivity index (χ0v) is 12.8. The van der Waals surface area contributed by atoms with Crippen molar-refractivity contribution in [1.82, 2.24) is 9.80 Å². The highest BCUT2D eigenvalue weighted by Gasteiger charge is 2.17. The Balaban J connectivity index is 1.96. The fraction of sp³-hybridized carbons (Fsp3) is 0.625. The van der Waals surface area contributed by atoms with Gasteiger partial charge >= 0.3 is 0 Å². The Morgan fingerprint density at radius 2 is 1.85 bits per heavy atom. The molecule has 2 N–H and O–H groups in total. The lowest BCUT2D eigenvalue weighted by molar-refractivity contribution is 0.126. The van der Waals surface area contributed by atoms with Gasteiger partial charge in [0.25, 0.3) is 0 Å². The second-order valence-electron chi connectivity index (χ2n) is 5.47. The highest BCUT2D eigenvalue weighted by molar-refractivity contribution is 5.37. The van der Waals surface area contributed by atoms with Gasteiger partial charge in [0.05, 0.1) is 7.11 Å². The summed E-state index contributed by atoms with van der Waals surface area (Å²) in [7, 11) is 1.74. The van der Waals surface area contributed by atoms with E-state index in [4.69, 9.17) is 10.5 Å². The van der Waals surface area contributed by atoms with Crippen LogP contribution in [0.3, 0.4) is 0 Å². The Bertz CT molecular complexity index is 414. The molecule has 0 spiro atoms. The number of benzene rings is 1. The molecular weight excluding hydrogens is 250 g/mol. The summed E-state index contributed by atoms with van der Waals surface area (Å²) in [5, 5.41) is 0. The summed E-state index contributed by atoms with van der Waals surface area (Å²) in [5.74, 6) is 0.971. The monoisotopic (exact) mass is 277 g/mol. The normalized spacial score (nSPS) is 17.4. The molecule has 0 atom stereocenters. The predicted octanol–water partition coefficient (Wildman–Crippen LogP) is 1.68. The maximum absolute atomic E-state index is 5.73. The van der Waals surface area contributed by atoms with Crippen molar-refractivity contribution in [3.05, 3.63) is 29.3 Å². The van der Waals surface area contributed by atoms with Crippen molar-refractivity contribution >= 4 is 0 Å². The van der Waals surface area contributed by atoms with Crippen LogP contribution in [0.5, 0.6) is 5.75 Å². The highest BCUT2D eigenvalue weighted by atomic mass is 16.5. The van der Waals surface area contributed by atoms with Crippen LogP contribution in [0.25, 0.3) is 0 Å². The average molecular weight is 277 g/mol. The maximum Gasteiger partial charge on any atom is 0.123 e.